The molecule has 0 aromatic carbocycles. The molecule has 0 aliphatic rings. The van der Waals surface area contributed by atoms with E-state index in [4.69, 9.17) is 5.73 Å². The lowest BCUT2D eigenvalue weighted by Crippen LogP contribution is -2.04. The van der Waals surface area contributed by atoms with Crippen molar-refractivity contribution in [2.24, 2.45) is 12.8 Å². The minimum atomic E-state index is 0.503. The van der Waals surface area contributed by atoms with Crippen LogP contribution < -0.4 is 5.73 Å². The van der Waals surface area contributed by atoms with Gasteiger partial charge in [-0.3, -0.25) is 0 Å². The van der Waals surface area contributed by atoms with Crippen LogP contribution in [0.4, 0.5) is 0 Å². The van der Waals surface area contributed by atoms with Crippen LogP contribution in [-0.2, 0) is 7.05 Å². The first-order chi connectivity index (χ1) is 7.24. The molecule has 0 aliphatic heterocycles. The Balaban J connectivity index is 2.52. The fourth-order valence-corrected chi connectivity index (χ4v) is 2.04. The Kier molecular flexibility index (Phi) is 2.73. The zero-order valence-electron chi connectivity index (χ0n) is 9.27. The topological polar surface area (TPSA) is 43.8 Å². The summed E-state index contributed by atoms with van der Waals surface area (Å²) >= 11 is 0. The summed E-state index contributed by atoms with van der Waals surface area (Å²) < 4.78 is 2.08. The van der Waals surface area contributed by atoms with Gasteiger partial charge in [-0.05, 0) is 36.6 Å². The molecule has 0 bridgehead atoms. The molecule has 1 unspecified atom stereocenters. The number of aromatic nitrogens is 2. The third kappa shape index (κ3) is 1.75. The third-order valence-corrected chi connectivity index (χ3v) is 2.90. The number of fused-ring (bicyclic) bond motifs is 1. The van der Waals surface area contributed by atoms with Crippen molar-refractivity contribution in [1.82, 2.24) is 9.55 Å². The number of hydrogen-bond acceptors (Lipinski definition) is 2. The molecular formula is C12H17N3. The fourth-order valence-electron chi connectivity index (χ4n) is 2.04. The quantitative estimate of drug-likeness (QED) is 0.829. The van der Waals surface area contributed by atoms with E-state index < -0.39 is 0 Å². The number of hydrogen-bond donors (Lipinski definition) is 1. The van der Waals surface area contributed by atoms with Crippen LogP contribution >= 0.6 is 0 Å². The third-order valence-electron chi connectivity index (χ3n) is 2.90. The van der Waals surface area contributed by atoms with Crippen LogP contribution in [-0.4, -0.2) is 16.1 Å². The van der Waals surface area contributed by atoms with E-state index in [1.165, 1.54) is 10.9 Å². The van der Waals surface area contributed by atoms with Crippen LogP contribution in [0, 0.1) is 0 Å². The molecule has 0 saturated heterocycles. The Bertz CT molecular complexity index is 459. The average molecular weight is 203 g/mol. The maximum atomic E-state index is 5.60. The fraction of sp³-hybridized carbons (Fsp3) is 0.417. The van der Waals surface area contributed by atoms with Gasteiger partial charge in [0, 0.05) is 24.8 Å². The lowest BCUT2D eigenvalue weighted by molar-refractivity contribution is 0.692. The first-order valence-electron chi connectivity index (χ1n) is 5.34. The Hall–Kier alpha value is -1.35. The van der Waals surface area contributed by atoms with E-state index in [2.05, 4.69) is 28.7 Å². The minimum absolute atomic E-state index is 0.503. The minimum Gasteiger partial charge on any atom is -0.335 e. The van der Waals surface area contributed by atoms with Crippen molar-refractivity contribution in [3.05, 3.63) is 30.1 Å². The molecule has 80 valence electrons. The van der Waals surface area contributed by atoms with Gasteiger partial charge in [-0.25, -0.2) is 4.98 Å². The molecule has 2 aromatic rings. The summed E-state index contributed by atoms with van der Waals surface area (Å²) in [5.41, 5.74) is 8.00. The van der Waals surface area contributed by atoms with Gasteiger partial charge in [-0.15, -0.1) is 0 Å². The van der Waals surface area contributed by atoms with Crippen LogP contribution in [0.2, 0.25) is 0 Å². The highest BCUT2D eigenvalue weighted by Gasteiger charge is 2.12. The van der Waals surface area contributed by atoms with Crippen molar-refractivity contribution in [2.75, 3.05) is 6.54 Å². The zero-order valence-corrected chi connectivity index (χ0v) is 9.27. The molecule has 3 heteroatoms. The summed E-state index contributed by atoms with van der Waals surface area (Å²) in [5, 5.41) is 1.25. The van der Waals surface area contributed by atoms with E-state index in [1.807, 2.05) is 19.3 Å². The van der Waals surface area contributed by atoms with Gasteiger partial charge in [0.2, 0.25) is 0 Å². The lowest BCUT2D eigenvalue weighted by Gasteiger charge is -2.07. The van der Waals surface area contributed by atoms with Gasteiger partial charge >= 0.3 is 0 Å². The molecule has 0 saturated carbocycles. The molecule has 2 aromatic heterocycles. The number of rotatable bonds is 3. The smallest absolute Gasteiger partial charge is 0.139 e. The van der Waals surface area contributed by atoms with E-state index in [0.717, 1.165) is 18.6 Å². The van der Waals surface area contributed by atoms with Gasteiger partial charge in [-0.2, -0.15) is 0 Å². The number of nitrogens with zero attached hydrogens (tertiary/aromatic N) is 2. The van der Waals surface area contributed by atoms with Gasteiger partial charge in [0.25, 0.3) is 0 Å². The van der Waals surface area contributed by atoms with Gasteiger partial charge in [-0.1, -0.05) is 6.92 Å². The first kappa shape index (κ1) is 10.2. The molecule has 2 heterocycles. The Labute approximate surface area is 89.9 Å². The van der Waals surface area contributed by atoms with Crippen LogP contribution in [0.1, 0.15) is 24.8 Å². The molecule has 0 radical (unpaired) electrons. The van der Waals surface area contributed by atoms with Crippen molar-refractivity contribution in [1.29, 1.82) is 0 Å². The molecule has 2 rings (SSSR count). The van der Waals surface area contributed by atoms with Crippen molar-refractivity contribution >= 4 is 11.0 Å². The highest BCUT2D eigenvalue weighted by atomic mass is 15.0. The SMILES string of the molecule is CC(CCN)c1cn(C)c2ncccc12. The molecular weight excluding hydrogens is 186 g/mol. The summed E-state index contributed by atoms with van der Waals surface area (Å²) in [4.78, 5) is 4.38. The second-order valence-corrected chi connectivity index (χ2v) is 4.05. The maximum absolute atomic E-state index is 5.60. The summed E-state index contributed by atoms with van der Waals surface area (Å²) in [5.74, 6) is 0.503. The van der Waals surface area contributed by atoms with Crippen molar-refractivity contribution in [3.8, 4) is 0 Å². The van der Waals surface area contributed by atoms with Crippen LogP contribution in [0.5, 0.6) is 0 Å². The largest absolute Gasteiger partial charge is 0.335 e. The second kappa shape index (κ2) is 4.03. The normalized spacial score (nSPS) is 13.3. The van der Waals surface area contributed by atoms with Crippen LogP contribution in [0.25, 0.3) is 11.0 Å². The molecule has 3 nitrogen and oxygen atoms in total. The zero-order chi connectivity index (χ0) is 10.8. The highest BCUT2D eigenvalue weighted by molar-refractivity contribution is 5.80. The Morgan fingerprint density at radius 3 is 3.07 bits per heavy atom. The van der Waals surface area contributed by atoms with Crippen LogP contribution in [0.15, 0.2) is 24.5 Å². The molecule has 0 aliphatic carbocycles. The molecule has 2 N–H and O–H groups in total. The molecule has 15 heavy (non-hydrogen) atoms. The number of nitrogens with two attached hydrogens (primary N) is 1. The summed E-state index contributed by atoms with van der Waals surface area (Å²) in [6.45, 7) is 2.95. The van der Waals surface area contributed by atoms with Gasteiger partial charge in [0.15, 0.2) is 0 Å². The second-order valence-electron chi connectivity index (χ2n) is 4.05. The number of aryl methyl sites for hydroxylation is 1. The van der Waals surface area contributed by atoms with Gasteiger partial charge in [0.1, 0.15) is 5.65 Å². The van der Waals surface area contributed by atoms with E-state index in [0.29, 0.717) is 5.92 Å². The Morgan fingerprint density at radius 1 is 1.53 bits per heavy atom. The van der Waals surface area contributed by atoms with E-state index >= 15 is 0 Å². The predicted octanol–water partition coefficient (Wildman–Crippen LogP) is 2.03. The van der Waals surface area contributed by atoms with Crippen molar-refractivity contribution in [2.45, 2.75) is 19.3 Å². The standard InChI is InChI=1S/C12H17N3/c1-9(5-6-13)11-8-15(2)12-10(11)4-3-7-14-12/h3-4,7-9H,5-6,13H2,1-2H3. The van der Waals surface area contributed by atoms with Crippen molar-refractivity contribution < 1.29 is 0 Å². The van der Waals surface area contributed by atoms with E-state index in [9.17, 15) is 0 Å². The van der Waals surface area contributed by atoms with Gasteiger partial charge < -0.3 is 10.3 Å². The highest BCUT2D eigenvalue weighted by Crippen LogP contribution is 2.27. The summed E-state index contributed by atoms with van der Waals surface area (Å²) in [6.07, 6.45) is 5.02. The summed E-state index contributed by atoms with van der Waals surface area (Å²) in [6, 6.07) is 4.12. The van der Waals surface area contributed by atoms with Crippen molar-refractivity contribution in [3.63, 3.8) is 0 Å². The average Bonchev–Trinajstić information content (AvgIpc) is 2.58. The molecule has 0 fully saturated rings. The van der Waals surface area contributed by atoms with E-state index in [-0.39, 0.29) is 0 Å². The van der Waals surface area contributed by atoms with E-state index in [1.54, 1.807) is 0 Å². The number of pyridine rings is 1. The molecule has 1 atom stereocenters. The monoisotopic (exact) mass is 203 g/mol. The molecule has 0 amide bonds. The maximum Gasteiger partial charge on any atom is 0.139 e. The first-order valence-corrected chi connectivity index (χ1v) is 5.34. The summed E-state index contributed by atoms with van der Waals surface area (Å²) in [7, 11) is 2.04. The Morgan fingerprint density at radius 2 is 2.33 bits per heavy atom. The van der Waals surface area contributed by atoms with Gasteiger partial charge in [0.05, 0.1) is 0 Å². The van der Waals surface area contributed by atoms with Crippen LogP contribution in [0.3, 0.4) is 0 Å². The lowest BCUT2D eigenvalue weighted by atomic mass is 9.98. The predicted molar refractivity (Wildman–Crippen MR) is 62.8 cm³/mol. The molecule has 0 spiro atoms.